The quantitative estimate of drug-likeness (QED) is 0.829. The van der Waals surface area contributed by atoms with Crippen molar-refractivity contribution in [1.82, 2.24) is 9.62 Å². The maximum Gasteiger partial charge on any atom is 0.251 e. The van der Waals surface area contributed by atoms with E-state index in [9.17, 15) is 13.2 Å². The van der Waals surface area contributed by atoms with Crippen LogP contribution in [-0.2, 0) is 14.8 Å². The molecule has 1 N–H and O–H groups in total. The number of hydrogen-bond donors (Lipinski definition) is 1. The van der Waals surface area contributed by atoms with Crippen molar-refractivity contribution in [3.05, 3.63) is 23.8 Å². The van der Waals surface area contributed by atoms with Crippen LogP contribution in [0.1, 0.15) is 23.2 Å². The van der Waals surface area contributed by atoms with Gasteiger partial charge in [0.2, 0.25) is 10.0 Å². The van der Waals surface area contributed by atoms with E-state index in [-0.39, 0.29) is 28.2 Å². The van der Waals surface area contributed by atoms with Gasteiger partial charge in [-0.05, 0) is 31.0 Å². The van der Waals surface area contributed by atoms with E-state index in [1.807, 2.05) is 0 Å². The highest BCUT2D eigenvalue weighted by molar-refractivity contribution is 7.89. The van der Waals surface area contributed by atoms with Crippen LogP contribution in [0.15, 0.2) is 23.1 Å². The third kappa shape index (κ3) is 4.01. The lowest BCUT2D eigenvalue weighted by molar-refractivity contribution is 0.0857. The number of benzene rings is 1. The van der Waals surface area contributed by atoms with E-state index >= 15 is 0 Å². The predicted octanol–water partition coefficient (Wildman–Crippen LogP) is 0.854. The highest BCUT2D eigenvalue weighted by Crippen LogP contribution is 2.26. The van der Waals surface area contributed by atoms with Gasteiger partial charge in [0.05, 0.1) is 13.2 Å². The molecule has 0 radical (unpaired) electrons. The molecule has 1 amide bonds. The molecule has 0 spiro atoms. The molecule has 1 aromatic rings. The van der Waals surface area contributed by atoms with Crippen molar-refractivity contribution >= 4 is 15.9 Å². The molecule has 0 saturated carbocycles. The molecule has 1 aromatic carbocycles. The first-order valence-electron chi connectivity index (χ1n) is 7.36. The topological polar surface area (TPSA) is 84.9 Å². The van der Waals surface area contributed by atoms with Crippen LogP contribution >= 0.6 is 0 Å². The molecule has 0 aromatic heterocycles. The van der Waals surface area contributed by atoms with E-state index in [0.717, 1.165) is 17.1 Å². The van der Waals surface area contributed by atoms with Gasteiger partial charge in [-0.1, -0.05) is 0 Å². The second kappa shape index (κ2) is 7.29. The number of amides is 1. The van der Waals surface area contributed by atoms with Gasteiger partial charge in [-0.2, -0.15) is 0 Å². The minimum absolute atomic E-state index is 0.0298. The Kier molecular flexibility index (Phi) is 5.61. The molecule has 0 bridgehead atoms. The zero-order valence-electron chi connectivity index (χ0n) is 13.5. The first kappa shape index (κ1) is 17.7. The number of carbonyl (C=O) groups is 1. The number of hydrogen-bond acceptors (Lipinski definition) is 5. The maximum absolute atomic E-state index is 12.3. The molecule has 0 aliphatic carbocycles. The Morgan fingerprint density at radius 3 is 2.74 bits per heavy atom. The van der Waals surface area contributed by atoms with Gasteiger partial charge in [0, 0.05) is 32.8 Å². The third-order valence-corrected chi connectivity index (χ3v) is 5.54. The monoisotopic (exact) mass is 342 g/mol. The van der Waals surface area contributed by atoms with E-state index in [4.69, 9.17) is 9.47 Å². The van der Waals surface area contributed by atoms with Gasteiger partial charge in [-0.25, -0.2) is 12.7 Å². The molecule has 2 rings (SSSR count). The highest BCUT2D eigenvalue weighted by Gasteiger charge is 2.24. The standard InChI is InChI=1S/C15H22N2O5S/c1-17(2)23(19,20)14-9-11(6-7-13(14)21-3)15(18)16-10-12-5-4-8-22-12/h6-7,9,12H,4-5,8,10H2,1-3H3,(H,16,18)/t12-/m1/s1. The lowest BCUT2D eigenvalue weighted by atomic mass is 10.2. The third-order valence-electron chi connectivity index (χ3n) is 3.70. The number of sulfonamides is 1. The summed E-state index contributed by atoms with van der Waals surface area (Å²) in [6.45, 7) is 1.13. The summed E-state index contributed by atoms with van der Waals surface area (Å²) >= 11 is 0. The summed E-state index contributed by atoms with van der Waals surface area (Å²) in [5.41, 5.74) is 0.268. The average molecular weight is 342 g/mol. The molecule has 7 nitrogen and oxygen atoms in total. The smallest absolute Gasteiger partial charge is 0.251 e. The van der Waals surface area contributed by atoms with Crippen LogP contribution in [0.4, 0.5) is 0 Å². The summed E-state index contributed by atoms with van der Waals surface area (Å²) in [5.74, 6) is -0.132. The average Bonchev–Trinajstić information content (AvgIpc) is 3.05. The van der Waals surface area contributed by atoms with E-state index < -0.39 is 10.0 Å². The number of nitrogens with zero attached hydrogens (tertiary/aromatic N) is 1. The van der Waals surface area contributed by atoms with Crippen LogP contribution in [0.3, 0.4) is 0 Å². The molecule has 1 saturated heterocycles. The first-order chi connectivity index (χ1) is 10.9. The van der Waals surface area contributed by atoms with Gasteiger partial charge in [0.25, 0.3) is 5.91 Å². The summed E-state index contributed by atoms with van der Waals surface area (Å²) in [7, 11) is 0.546. The van der Waals surface area contributed by atoms with Gasteiger partial charge < -0.3 is 14.8 Å². The SMILES string of the molecule is COc1ccc(C(=O)NC[C@H]2CCCO2)cc1S(=O)(=O)N(C)C. The second-order valence-corrected chi connectivity index (χ2v) is 7.62. The number of rotatable bonds is 6. The van der Waals surface area contributed by atoms with E-state index in [1.165, 1.54) is 33.3 Å². The van der Waals surface area contributed by atoms with E-state index in [0.29, 0.717) is 13.2 Å². The summed E-state index contributed by atoms with van der Waals surface area (Å²) in [5, 5.41) is 2.77. The van der Waals surface area contributed by atoms with Crippen molar-refractivity contribution in [2.24, 2.45) is 0 Å². The van der Waals surface area contributed by atoms with Crippen LogP contribution in [-0.4, -0.2) is 59.1 Å². The van der Waals surface area contributed by atoms with Crippen molar-refractivity contribution in [3.63, 3.8) is 0 Å². The largest absolute Gasteiger partial charge is 0.495 e. The number of ether oxygens (including phenoxy) is 2. The highest BCUT2D eigenvalue weighted by atomic mass is 32.2. The molecule has 23 heavy (non-hydrogen) atoms. The van der Waals surface area contributed by atoms with Crippen LogP contribution in [0.5, 0.6) is 5.75 Å². The summed E-state index contributed by atoms with van der Waals surface area (Å²) < 4.78 is 36.3. The van der Waals surface area contributed by atoms with Crippen molar-refractivity contribution in [3.8, 4) is 5.75 Å². The Morgan fingerprint density at radius 2 is 2.17 bits per heavy atom. The summed E-state index contributed by atoms with van der Waals surface area (Å²) in [4.78, 5) is 12.2. The van der Waals surface area contributed by atoms with Crippen LogP contribution in [0.25, 0.3) is 0 Å². The Hall–Kier alpha value is -1.64. The minimum atomic E-state index is -3.70. The fourth-order valence-corrected chi connectivity index (χ4v) is 3.41. The molecule has 1 fully saturated rings. The number of nitrogens with one attached hydrogen (secondary N) is 1. The van der Waals surface area contributed by atoms with Gasteiger partial charge in [0.1, 0.15) is 10.6 Å². The zero-order valence-corrected chi connectivity index (χ0v) is 14.4. The molecule has 1 aliphatic rings. The number of methoxy groups -OCH3 is 1. The fourth-order valence-electron chi connectivity index (χ4n) is 2.33. The summed E-state index contributed by atoms with van der Waals surface area (Å²) in [6, 6.07) is 4.36. The van der Waals surface area contributed by atoms with Crippen molar-refractivity contribution in [2.45, 2.75) is 23.8 Å². The van der Waals surface area contributed by atoms with Crippen molar-refractivity contribution < 1.29 is 22.7 Å². The normalized spacial score (nSPS) is 18.2. The molecular formula is C15H22N2O5S. The van der Waals surface area contributed by atoms with Gasteiger partial charge in [-0.3, -0.25) is 4.79 Å². The summed E-state index contributed by atoms with van der Waals surface area (Å²) in [6.07, 6.45) is 1.94. The molecule has 1 atom stereocenters. The Morgan fingerprint density at radius 1 is 1.43 bits per heavy atom. The molecule has 1 heterocycles. The molecule has 1 aliphatic heterocycles. The molecular weight excluding hydrogens is 320 g/mol. The minimum Gasteiger partial charge on any atom is -0.495 e. The molecule has 128 valence electrons. The second-order valence-electron chi connectivity index (χ2n) is 5.50. The Balaban J connectivity index is 2.21. The van der Waals surface area contributed by atoms with Crippen LogP contribution in [0, 0.1) is 0 Å². The van der Waals surface area contributed by atoms with Gasteiger partial charge in [-0.15, -0.1) is 0 Å². The van der Waals surface area contributed by atoms with E-state index in [2.05, 4.69) is 5.32 Å². The van der Waals surface area contributed by atoms with E-state index in [1.54, 1.807) is 6.07 Å². The lowest BCUT2D eigenvalue weighted by Crippen LogP contribution is -2.32. The zero-order chi connectivity index (χ0) is 17.0. The van der Waals surface area contributed by atoms with Crippen molar-refractivity contribution in [1.29, 1.82) is 0 Å². The van der Waals surface area contributed by atoms with Crippen LogP contribution < -0.4 is 10.1 Å². The Labute approximate surface area is 136 Å². The number of carbonyl (C=O) groups excluding carboxylic acids is 1. The lowest BCUT2D eigenvalue weighted by Gasteiger charge is -2.16. The molecule has 0 unspecified atom stereocenters. The van der Waals surface area contributed by atoms with Gasteiger partial charge >= 0.3 is 0 Å². The Bertz CT molecular complexity index is 666. The van der Waals surface area contributed by atoms with Crippen molar-refractivity contribution in [2.75, 3.05) is 34.4 Å². The van der Waals surface area contributed by atoms with Crippen LogP contribution in [0.2, 0.25) is 0 Å². The fraction of sp³-hybridized carbons (Fsp3) is 0.533. The van der Waals surface area contributed by atoms with Gasteiger partial charge in [0.15, 0.2) is 0 Å². The molecule has 8 heteroatoms. The maximum atomic E-state index is 12.3. The first-order valence-corrected chi connectivity index (χ1v) is 8.80. The predicted molar refractivity (Wildman–Crippen MR) is 85.2 cm³/mol.